The topological polar surface area (TPSA) is 67.8 Å². The molecule has 0 atom stereocenters. The van der Waals surface area contributed by atoms with Crippen molar-refractivity contribution in [2.45, 2.75) is 6.42 Å². The number of benzene rings is 1. The number of fused-ring (bicyclic) bond motifs is 1. The Morgan fingerprint density at radius 3 is 2.61 bits per heavy atom. The zero-order chi connectivity index (χ0) is 13.1. The van der Waals surface area contributed by atoms with E-state index in [1.165, 1.54) is 6.08 Å². The van der Waals surface area contributed by atoms with E-state index in [-0.39, 0.29) is 0 Å². The normalized spacial score (nSPS) is 15.8. The second-order valence-electron chi connectivity index (χ2n) is 3.94. The zero-order valence-corrected chi connectivity index (χ0v) is 10.3. The molecule has 0 saturated carbocycles. The minimum atomic E-state index is -0.972. The molecule has 0 fully saturated rings. The molecular weight excluding hydrogens is 234 g/mol. The number of carbonyl (C=O) groups is 1. The van der Waals surface area contributed by atoms with E-state index >= 15 is 0 Å². The average molecular weight is 249 g/mol. The maximum Gasteiger partial charge on any atom is 0.330 e. The van der Waals surface area contributed by atoms with Gasteiger partial charge in [0.15, 0.2) is 11.5 Å². The van der Waals surface area contributed by atoms with Crippen LogP contribution >= 0.6 is 0 Å². The average Bonchev–Trinajstić information content (AvgIpc) is 2.37. The van der Waals surface area contributed by atoms with Crippen LogP contribution in [0.15, 0.2) is 18.2 Å². The number of nitrogens with one attached hydrogen (secondary N) is 1. The van der Waals surface area contributed by atoms with Crippen molar-refractivity contribution >= 4 is 11.7 Å². The number of hydrogen-bond donors (Lipinski definition) is 2. The van der Waals surface area contributed by atoms with Crippen molar-refractivity contribution in [3.63, 3.8) is 0 Å². The third kappa shape index (κ3) is 2.25. The summed E-state index contributed by atoms with van der Waals surface area (Å²) in [6, 6.07) is 3.69. The maximum absolute atomic E-state index is 10.8. The molecular formula is C13H15NO4. The first-order valence-electron chi connectivity index (χ1n) is 5.59. The molecule has 0 amide bonds. The quantitative estimate of drug-likeness (QED) is 0.790. The minimum Gasteiger partial charge on any atom is -0.493 e. The van der Waals surface area contributed by atoms with Gasteiger partial charge in [-0.2, -0.15) is 0 Å². The summed E-state index contributed by atoms with van der Waals surface area (Å²) in [6.07, 6.45) is 2.00. The lowest BCUT2D eigenvalue weighted by molar-refractivity contribution is -0.131. The maximum atomic E-state index is 10.8. The first kappa shape index (κ1) is 12.3. The number of methoxy groups -OCH3 is 2. The molecule has 0 aromatic heterocycles. The van der Waals surface area contributed by atoms with E-state index in [1.54, 1.807) is 20.3 Å². The molecule has 96 valence electrons. The molecule has 0 unspecified atom stereocenters. The van der Waals surface area contributed by atoms with Crippen molar-refractivity contribution in [1.29, 1.82) is 0 Å². The second-order valence-corrected chi connectivity index (χ2v) is 3.94. The van der Waals surface area contributed by atoms with Gasteiger partial charge >= 0.3 is 5.97 Å². The highest BCUT2D eigenvalue weighted by molar-refractivity contribution is 5.90. The van der Waals surface area contributed by atoms with Gasteiger partial charge in [0, 0.05) is 23.9 Å². The molecule has 5 heteroatoms. The summed E-state index contributed by atoms with van der Waals surface area (Å²) in [6.45, 7) is 0.710. The van der Waals surface area contributed by atoms with Crippen molar-refractivity contribution in [2.75, 3.05) is 20.8 Å². The van der Waals surface area contributed by atoms with Crippen LogP contribution in [-0.4, -0.2) is 31.8 Å². The predicted molar refractivity (Wildman–Crippen MR) is 66.9 cm³/mol. The Hall–Kier alpha value is -2.17. The third-order valence-corrected chi connectivity index (χ3v) is 2.88. The highest BCUT2D eigenvalue weighted by atomic mass is 16.5. The second kappa shape index (κ2) is 5.00. The van der Waals surface area contributed by atoms with E-state index in [1.807, 2.05) is 6.07 Å². The summed E-state index contributed by atoms with van der Waals surface area (Å²) in [7, 11) is 3.14. The molecule has 0 aliphatic carbocycles. The van der Waals surface area contributed by atoms with Crippen LogP contribution in [0, 0.1) is 0 Å². The van der Waals surface area contributed by atoms with Crippen LogP contribution < -0.4 is 14.8 Å². The van der Waals surface area contributed by atoms with E-state index in [4.69, 9.17) is 14.6 Å². The first-order valence-corrected chi connectivity index (χ1v) is 5.59. The van der Waals surface area contributed by atoms with E-state index in [0.717, 1.165) is 17.5 Å². The van der Waals surface area contributed by atoms with Crippen molar-refractivity contribution in [3.05, 3.63) is 29.3 Å². The fraction of sp³-hybridized carbons (Fsp3) is 0.308. The molecule has 1 aliphatic heterocycles. The molecule has 0 spiro atoms. The molecule has 2 rings (SSSR count). The van der Waals surface area contributed by atoms with Gasteiger partial charge in [-0.3, -0.25) is 0 Å². The van der Waals surface area contributed by atoms with Gasteiger partial charge in [0.05, 0.1) is 14.2 Å². The summed E-state index contributed by atoms with van der Waals surface area (Å²) in [5, 5.41) is 11.9. The summed E-state index contributed by atoms with van der Waals surface area (Å²) < 4.78 is 10.5. The van der Waals surface area contributed by atoms with Gasteiger partial charge in [-0.25, -0.2) is 4.79 Å². The van der Waals surface area contributed by atoms with Crippen molar-refractivity contribution < 1.29 is 19.4 Å². The fourth-order valence-electron chi connectivity index (χ4n) is 2.06. The molecule has 1 aliphatic rings. The Morgan fingerprint density at radius 2 is 2.00 bits per heavy atom. The van der Waals surface area contributed by atoms with Crippen molar-refractivity contribution in [2.24, 2.45) is 0 Å². The molecule has 1 heterocycles. The van der Waals surface area contributed by atoms with Crippen LogP contribution in [0.5, 0.6) is 11.5 Å². The number of rotatable bonds is 3. The number of carboxylic acids is 1. The summed E-state index contributed by atoms with van der Waals surface area (Å²) in [4.78, 5) is 10.8. The van der Waals surface area contributed by atoms with Gasteiger partial charge in [-0.1, -0.05) is 0 Å². The fourth-order valence-corrected chi connectivity index (χ4v) is 2.06. The molecule has 1 aromatic carbocycles. The number of ether oxygens (including phenoxy) is 2. The van der Waals surface area contributed by atoms with Gasteiger partial charge in [-0.05, 0) is 24.1 Å². The SMILES string of the molecule is COc1cc2c(cc1OC)/C(=C\C(=O)O)NCC2. The Balaban J connectivity index is 2.53. The van der Waals surface area contributed by atoms with Gasteiger partial charge in [0.2, 0.25) is 0 Å². The standard InChI is InChI=1S/C13H15NO4/c1-17-11-5-8-3-4-14-10(7-13(15)16)9(8)6-12(11)18-2/h5-7,14H,3-4H2,1-2H3,(H,15,16)/b10-7+. The predicted octanol–water partition coefficient (Wildman–Crippen LogP) is 1.27. The molecule has 2 N–H and O–H groups in total. The lowest BCUT2D eigenvalue weighted by Crippen LogP contribution is -2.23. The van der Waals surface area contributed by atoms with Crippen molar-refractivity contribution in [1.82, 2.24) is 5.32 Å². The monoisotopic (exact) mass is 249 g/mol. The van der Waals surface area contributed by atoms with Gasteiger partial charge in [-0.15, -0.1) is 0 Å². The minimum absolute atomic E-state index is 0.594. The first-order chi connectivity index (χ1) is 8.65. The van der Waals surface area contributed by atoms with E-state index < -0.39 is 5.97 Å². The van der Waals surface area contributed by atoms with E-state index in [2.05, 4.69) is 5.32 Å². The Labute approximate surface area is 105 Å². The largest absolute Gasteiger partial charge is 0.493 e. The summed E-state index contributed by atoms with van der Waals surface area (Å²) in [5.74, 6) is 0.282. The molecule has 1 aromatic rings. The summed E-state index contributed by atoms with van der Waals surface area (Å²) in [5.41, 5.74) is 2.50. The Morgan fingerprint density at radius 1 is 1.33 bits per heavy atom. The van der Waals surface area contributed by atoms with Crippen LogP contribution in [0.3, 0.4) is 0 Å². The third-order valence-electron chi connectivity index (χ3n) is 2.88. The number of carboxylic acid groups (broad SMARTS) is 1. The van der Waals surface area contributed by atoms with E-state index in [9.17, 15) is 4.79 Å². The van der Waals surface area contributed by atoms with Crippen LogP contribution in [0.2, 0.25) is 0 Å². The smallest absolute Gasteiger partial charge is 0.330 e. The zero-order valence-electron chi connectivity index (χ0n) is 10.3. The van der Waals surface area contributed by atoms with Crippen LogP contribution in [0.25, 0.3) is 5.70 Å². The molecule has 18 heavy (non-hydrogen) atoms. The van der Waals surface area contributed by atoms with Crippen molar-refractivity contribution in [3.8, 4) is 11.5 Å². The van der Waals surface area contributed by atoms with E-state index in [0.29, 0.717) is 23.7 Å². The highest BCUT2D eigenvalue weighted by Gasteiger charge is 2.18. The Bertz CT molecular complexity index is 508. The number of aliphatic carboxylic acids is 1. The van der Waals surface area contributed by atoms with Gasteiger partial charge in [0.25, 0.3) is 0 Å². The molecule has 0 radical (unpaired) electrons. The van der Waals surface area contributed by atoms with Gasteiger partial charge < -0.3 is 19.9 Å². The van der Waals surface area contributed by atoms with Crippen LogP contribution in [0.4, 0.5) is 0 Å². The lowest BCUT2D eigenvalue weighted by Gasteiger charge is -2.22. The number of hydrogen-bond acceptors (Lipinski definition) is 4. The molecule has 5 nitrogen and oxygen atoms in total. The van der Waals surface area contributed by atoms with Gasteiger partial charge in [0.1, 0.15) is 0 Å². The Kier molecular flexibility index (Phi) is 3.41. The van der Waals surface area contributed by atoms with Crippen LogP contribution in [-0.2, 0) is 11.2 Å². The lowest BCUT2D eigenvalue weighted by atomic mass is 9.97. The molecule has 0 bridgehead atoms. The van der Waals surface area contributed by atoms with Crippen LogP contribution in [0.1, 0.15) is 11.1 Å². The molecule has 0 saturated heterocycles. The summed E-state index contributed by atoms with van der Waals surface area (Å²) >= 11 is 0. The highest BCUT2D eigenvalue weighted by Crippen LogP contribution is 2.34.